The molecule has 1 aromatic heterocycles. The molecule has 0 aliphatic heterocycles. The number of anilines is 2. The first-order chi connectivity index (χ1) is 9.76. The van der Waals surface area contributed by atoms with Gasteiger partial charge < -0.3 is 10.1 Å². The Labute approximate surface area is 122 Å². The predicted octanol–water partition coefficient (Wildman–Crippen LogP) is 4.64. The molecule has 2 aromatic carbocycles. The van der Waals surface area contributed by atoms with Gasteiger partial charge in [0.05, 0.1) is 17.6 Å². The van der Waals surface area contributed by atoms with Crippen molar-refractivity contribution >= 4 is 34.0 Å². The van der Waals surface area contributed by atoms with Gasteiger partial charge in [-0.2, -0.15) is 0 Å². The molecule has 0 bridgehead atoms. The van der Waals surface area contributed by atoms with Crippen molar-refractivity contribution in [3.8, 4) is 5.75 Å². The smallest absolute Gasteiger partial charge is 0.137 e. The molecule has 0 atom stereocenters. The van der Waals surface area contributed by atoms with Gasteiger partial charge in [-0.3, -0.25) is 0 Å². The number of benzene rings is 2. The van der Waals surface area contributed by atoms with E-state index in [0.717, 1.165) is 22.4 Å². The van der Waals surface area contributed by atoms with Gasteiger partial charge >= 0.3 is 0 Å². The fourth-order valence-corrected chi connectivity index (χ4v) is 2.29. The Kier molecular flexibility index (Phi) is 3.44. The molecule has 0 spiro atoms. The molecule has 3 nitrogen and oxygen atoms in total. The zero-order valence-electron chi connectivity index (χ0n) is 10.9. The highest BCUT2D eigenvalue weighted by Crippen LogP contribution is 2.28. The highest BCUT2D eigenvalue weighted by atomic mass is 35.5. The number of pyridine rings is 1. The van der Waals surface area contributed by atoms with E-state index in [2.05, 4.69) is 10.3 Å². The van der Waals surface area contributed by atoms with Crippen LogP contribution < -0.4 is 10.1 Å². The predicted molar refractivity (Wildman–Crippen MR) is 83.0 cm³/mol. The Morgan fingerprint density at radius 3 is 2.70 bits per heavy atom. The summed E-state index contributed by atoms with van der Waals surface area (Å²) >= 11 is 6.11. The molecule has 3 aromatic rings. The number of methoxy groups -OCH3 is 1. The van der Waals surface area contributed by atoms with E-state index < -0.39 is 0 Å². The molecule has 0 saturated heterocycles. The van der Waals surface area contributed by atoms with E-state index in [1.807, 2.05) is 54.6 Å². The quantitative estimate of drug-likeness (QED) is 0.761. The first-order valence-electron chi connectivity index (χ1n) is 6.22. The lowest BCUT2D eigenvalue weighted by Crippen LogP contribution is -1.94. The van der Waals surface area contributed by atoms with Crippen molar-refractivity contribution in [2.45, 2.75) is 0 Å². The maximum atomic E-state index is 6.11. The maximum Gasteiger partial charge on any atom is 0.137 e. The number of para-hydroxylation sites is 1. The summed E-state index contributed by atoms with van der Waals surface area (Å²) < 4.78 is 5.13. The van der Waals surface area contributed by atoms with E-state index in [9.17, 15) is 0 Å². The van der Waals surface area contributed by atoms with Crippen LogP contribution >= 0.6 is 11.6 Å². The number of hydrogen-bond acceptors (Lipinski definition) is 3. The highest BCUT2D eigenvalue weighted by molar-refractivity contribution is 6.32. The standard InChI is InChI=1S/C16H13ClN2O/c1-20-15-8-7-12(10-13(15)17)18-16-9-6-11-4-2-3-5-14(11)19-16/h2-10H,1H3,(H,18,19). The summed E-state index contributed by atoms with van der Waals surface area (Å²) in [5.74, 6) is 1.44. The lowest BCUT2D eigenvalue weighted by atomic mass is 10.2. The molecule has 3 rings (SSSR count). The topological polar surface area (TPSA) is 34.1 Å². The molecule has 1 heterocycles. The van der Waals surface area contributed by atoms with Gasteiger partial charge in [-0.05, 0) is 36.4 Å². The lowest BCUT2D eigenvalue weighted by Gasteiger charge is -2.09. The Morgan fingerprint density at radius 2 is 1.90 bits per heavy atom. The second-order valence-corrected chi connectivity index (χ2v) is 4.77. The number of fused-ring (bicyclic) bond motifs is 1. The highest BCUT2D eigenvalue weighted by Gasteiger charge is 2.03. The van der Waals surface area contributed by atoms with Crippen LogP contribution in [-0.4, -0.2) is 12.1 Å². The summed E-state index contributed by atoms with van der Waals surface area (Å²) in [6, 6.07) is 17.5. The summed E-state index contributed by atoms with van der Waals surface area (Å²) in [5, 5.41) is 4.92. The van der Waals surface area contributed by atoms with E-state index in [-0.39, 0.29) is 0 Å². The zero-order valence-corrected chi connectivity index (χ0v) is 11.7. The second kappa shape index (κ2) is 5.39. The Hall–Kier alpha value is -2.26. The van der Waals surface area contributed by atoms with Crippen LogP contribution in [0.3, 0.4) is 0 Å². The van der Waals surface area contributed by atoms with Gasteiger partial charge in [0.2, 0.25) is 0 Å². The van der Waals surface area contributed by atoms with E-state index >= 15 is 0 Å². The van der Waals surface area contributed by atoms with Crippen molar-refractivity contribution in [2.75, 3.05) is 12.4 Å². The largest absolute Gasteiger partial charge is 0.495 e. The lowest BCUT2D eigenvalue weighted by molar-refractivity contribution is 0.415. The van der Waals surface area contributed by atoms with Crippen LogP contribution in [0.15, 0.2) is 54.6 Å². The molecule has 0 saturated carbocycles. The van der Waals surface area contributed by atoms with Gasteiger partial charge in [-0.1, -0.05) is 29.8 Å². The minimum absolute atomic E-state index is 0.568. The van der Waals surface area contributed by atoms with Crippen LogP contribution in [0.25, 0.3) is 10.9 Å². The number of rotatable bonds is 3. The number of aromatic nitrogens is 1. The van der Waals surface area contributed by atoms with E-state index in [4.69, 9.17) is 16.3 Å². The average molecular weight is 285 g/mol. The summed E-state index contributed by atoms with van der Waals surface area (Å²) in [7, 11) is 1.60. The van der Waals surface area contributed by atoms with Crippen molar-refractivity contribution in [2.24, 2.45) is 0 Å². The van der Waals surface area contributed by atoms with Crippen molar-refractivity contribution < 1.29 is 4.74 Å². The molecule has 1 N–H and O–H groups in total. The molecule has 0 unspecified atom stereocenters. The molecule has 20 heavy (non-hydrogen) atoms. The molecule has 0 aliphatic rings. The Morgan fingerprint density at radius 1 is 1.05 bits per heavy atom. The van der Waals surface area contributed by atoms with Crippen LogP contribution in [0, 0.1) is 0 Å². The van der Waals surface area contributed by atoms with Crippen molar-refractivity contribution in [1.82, 2.24) is 4.98 Å². The molecular weight excluding hydrogens is 272 g/mol. The third-order valence-electron chi connectivity index (χ3n) is 3.02. The Balaban J connectivity index is 1.90. The summed E-state index contributed by atoms with van der Waals surface area (Å²) in [6.45, 7) is 0. The van der Waals surface area contributed by atoms with Gasteiger partial charge in [-0.15, -0.1) is 0 Å². The van der Waals surface area contributed by atoms with Crippen molar-refractivity contribution in [1.29, 1.82) is 0 Å². The van der Waals surface area contributed by atoms with Crippen molar-refractivity contribution in [3.63, 3.8) is 0 Å². The fourth-order valence-electron chi connectivity index (χ4n) is 2.03. The molecule has 100 valence electrons. The van der Waals surface area contributed by atoms with Crippen LogP contribution in [0.4, 0.5) is 11.5 Å². The van der Waals surface area contributed by atoms with Gasteiger partial charge in [0, 0.05) is 11.1 Å². The molecule has 0 fully saturated rings. The van der Waals surface area contributed by atoms with Gasteiger partial charge in [0.15, 0.2) is 0 Å². The summed E-state index contributed by atoms with van der Waals surface area (Å²) in [6.07, 6.45) is 0. The monoisotopic (exact) mass is 284 g/mol. The van der Waals surface area contributed by atoms with Gasteiger partial charge in [0.1, 0.15) is 11.6 Å². The number of halogens is 1. The third-order valence-corrected chi connectivity index (χ3v) is 3.32. The normalized spacial score (nSPS) is 10.5. The van der Waals surface area contributed by atoms with Crippen LogP contribution in [0.5, 0.6) is 5.75 Å². The number of ether oxygens (including phenoxy) is 1. The maximum absolute atomic E-state index is 6.11. The molecule has 0 amide bonds. The first kappa shape index (κ1) is 12.8. The number of nitrogens with zero attached hydrogens (tertiary/aromatic N) is 1. The molecule has 0 aliphatic carbocycles. The van der Waals surface area contributed by atoms with Gasteiger partial charge in [0.25, 0.3) is 0 Å². The van der Waals surface area contributed by atoms with Crippen LogP contribution in [0.1, 0.15) is 0 Å². The van der Waals surface area contributed by atoms with Crippen molar-refractivity contribution in [3.05, 3.63) is 59.6 Å². The molecular formula is C16H13ClN2O. The Bertz CT molecular complexity index is 758. The first-order valence-corrected chi connectivity index (χ1v) is 6.60. The fraction of sp³-hybridized carbons (Fsp3) is 0.0625. The third kappa shape index (κ3) is 2.53. The SMILES string of the molecule is COc1ccc(Nc2ccc3ccccc3n2)cc1Cl. The minimum Gasteiger partial charge on any atom is -0.495 e. The number of nitrogens with one attached hydrogen (secondary N) is 1. The van der Waals surface area contributed by atoms with Crippen LogP contribution in [0.2, 0.25) is 5.02 Å². The van der Waals surface area contributed by atoms with E-state index in [1.165, 1.54) is 0 Å². The summed E-state index contributed by atoms with van der Waals surface area (Å²) in [4.78, 5) is 4.56. The van der Waals surface area contributed by atoms with Gasteiger partial charge in [-0.25, -0.2) is 4.98 Å². The molecule has 0 radical (unpaired) electrons. The zero-order chi connectivity index (χ0) is 13.9. The minimum atomic E-state index is 0.568. The second-order valence-electron chi connectivity index (χ2n) is 4.36. The van der Waals surface area contributed by atoms with Crippen LogP contribution in [-0.2, 0) is 0 Å². The average Bonchev–Trinajstić information content (AvgIpc) is 2.47. The van der Waals surface area contributed by atoms with E-state index in [1.54, 1.807) is 7.11 Å². The van der Waals surface area contributed by atoms with E-state index in [0.29, 0.717) is 10.8 Å². The summed E-state index contributed by atoms with van der Waals surface area (Å²) in [5.41, 5.74) is 1.83. The number of hydrogen-bond donors (Lipinski definition) is 1. The molecule has 4 heteroatoms.